The van der Waals surface area contributed by atoms with Crippen LogP contribution in [0.3, 0.4) is 0 Å². The van der Waals surface area contributed by atoms with Crippen LogP contribution in [0.1, 0.15) is 19.8 Å². The van der Waals surface area contributed by atoms with E-state index < -0.39 is 18.0 Å². The lowest BCUT2D eigenvalue weighted by molar-refractivity contribution is -0.862. The molecule has 0 saturated carbocycles. The van der Waals surface area contributed by atoms with Gasteiger partial charge in [-0.25, -0.2) is 4.79 Å². The Morgan fingerprint density at radius 1 is 1.28 bits per heavy atom. The summed E-state index contributed by atoms with van der Waals surface area (Å²) < 4.78 is 0.481. The summed E-state index contributed by atoms with van der Waals surface area (Å²) >= 11 is 0. The highest BCUT2D eigenvalue weighted by molar-refractivity contribution is 5.70. The first-order chi connectivity index (χ1) is 8.01. The topological polar surface area (TPSA) is 80.7 Å². The first-order valence-electron chi connectivity index (χ1n) is 5.90. The van der Waals surface area contributed by atoms with Gasteiger partial charge in [0, 0.05) is 6.04 Å². The second kappa shape index (κ2) is 8.88. The quantitative estimate of drug-likeness (QED) is 0.637. The van der Waals surface area contributed by atoms with Crippen LogP contribution in [0.2, 0.25) is 0 Å². The van der Waals surface area contributed by atoms with Gasteiger partial charge in [0.05, 0.1) is 27.1 Å². The van der Waals surface area contributed by atoms with Crippen LogP contribution in [0.5, 0.6) is 0 Å². The zero-order valence-corrected chi connectivity index (χ0v) is 12.3. The molecular weight excluding hydrogens is 236 g/mol. The van der Waals surface area contributed by atoms with Gasteiger partial charge < -0.3 is 24.4 Å². The SMILES string of the molecule is CCCC(C(=O)[O-])N(C)C.C[N+](C)(C)CC(=O)O. The molecule has 0 aromatic rings. The Balaban J connectivity index is 0. The van der Waals surface area contributed by atoms with Crippen LogP contribution in [-0.2, 0) is 9.59 Å². The van der Waals surface area contributed by atoms with Crippen LogP contribution < -0.4 is 5.11 Å². The molecule has 1 N–H and O–H groups in total. The van der Waals surface area contributed by atoms with Crippen LogP contribution in [-0.4, -0.2) is 74.3 Å². The zero-order valence-electron chi connectivity index (χ0n) is 12.3. The minimum Gasteiger partial charge on any atom is -0.548 e. The summed E-state index contributed by atoms with van der Waals surface area (Å²) in [4.78, 5) is 22.0. The first kappa shape index (κ1) is 19.2. The molecule has 1 unspecified atom stereocenters. The summed E-state index contributed by atoms with van der Waals surface area (Å²) in [7, 11) is 9.02. The molecule has 0 heterocycles. The van der Waals surface area contributed by atoms with Crippen molar-refractivity contribution < 1.29 is 24.3 Å². The van der Waals surface area contributed by atoms with Crippen molar-refractivity contribution in [2.45, 2.75) is 25.8 Å². The maximum Gasteiger partial charge on any atom is 0.359 e. The Labute approximate surface area is 109 Å². The van der Waals surface area contributed by atoms with E-state index in [-0.39, 0.29) is 6.54 Å². The Bertz CT molecular complexity index is 259. The molecule has 0 fully saturated rings. The van der Waals surface area contributed by atoms with E-state index in [9.17, 15) is 14.7 Å². The number of carbonyl (C=O) groups is 2. The number of carboxylic acid groups (broad SMARTS) is 2. The maximum atomic E-state index is 10.4. The average Bonchev–Trinajstić information content (AvgIpc) is 2.09. The number of aliphatic carboxylic acids is 2. The molecule has 0 saturated heterocycles. The monoisotopic (exact) mass is 262 g/mol. The predicted octanol–water partition coefficient (Wildman–Crippen LogP) is -0.756. The zero-order chi connectivity index (χ0) is 14.9. The molecule has 6 nitrogen and oxygen atoms in total. The lowest BCUT2D eigenvalue weighted by atomic mass is 10.1. The van der Waals surface area contributed by atoms with Gasteiger partial charge in [-0.1, -0.05) is 13.3 Å². The summed E-state index contributed by atoms with van der Waals surface area (Å²) in [5.74, 6) is -1.73. The van der Waals surface area contributed by atoms with Crippen LogP contribution in [0.4, 0.5) is 0 Å². The Hall–Kier alpha value is -1.14. The lowest BCUT2D eigenvalue weighted by Crippen LogP contribution is -2.44. The largest absolute Gasteiger partial charge is 0.548 e. The highest BCUT2D eigenvalue weighted by Crippen LogP contribution is 2.00. The number of hydrogen-bond acceptors (Lipinski definition) is 4. The van der Waals surface area contributed by atoms with Gasteiger partial charge in [-0.3, -0.25) is 0 Å². The molecule has 6 heteroatoms. The highest BCUT2D eigenvalue weighted by atomic mass is 16.4. The van der Waals surface area contributed by atoms with Gasteiger partial charge >= 0.3 is 5.97 Å². The molecule has 0 aliphatic rings. The van der Waals surface area contributed by atoms with E-state index in [1.165, 1.54) is 0 Å². The minimum absolute atomic E-state index is 0.181. The van der Waals surface area contributed by atoms with Crippen LogP contribution in [0, 0.1) is 0 Å². The lowest BCUT2D eigenvalue weighted by Gasteiger charge is -2.24. The van der Waals surface area contributed by atoms with E-state index in [1.807, 2.05) is 28.1 Å². The number of rotatable bonds is 6. The summed E-state index contributed by atoms with van der Waals surface area (Å²) in [6.07, 6.45) is 1.53. The van der Waals surface area contributed by atoms with Gasteiger partial charge in [-0.05, 0) is 20.5 Å². The molecule has 1 atom stereocenters. The van der Waals surface area contributed by atoms with Gasteiger partial charge in [-0.15, -0.1) is 0 Å². The third-order valence-electron chi connectivity index (χ3n) is 2.07. The molecule has 0 aliphatic carbocycles. The molecule has 0 aliphatic heterocycles. The van der Waals surface area contributed by atoms with Crippen molar-refractivity contribution in [3.05, 3.63) is 0 Å². The van der Waals surface area contributed by atoms with Crippen molar-refractivity contribution in [3.8, 4) is 0 Å². The van der Waals surface area contributed by atoms with Crippen molar-refractivity contribution in [3.63, 3.8) is 0 Å². The minimum atomic E-state index is -0.980. The van der Waals surface area contributed by atoms with Crippen molar-refractivity contribution in [1.82, 2.24) is 4.90 Å². The number of likely N-dealkylation sites (N-methyl/N-ethyl adjacent to an activating group) is 2. The van der Waals surface area contributed by atoms with Gasteiger partial charge in [-0.2, -0.15) is 0 Å². The molecular formula is C12H26N2O4. The number of carbonyl (C=O) groups excluding carboxylic acids is 1. The fraction of sp³-hybridized carbons (Fsp3) is 0.833. The second-order valence-electron chi connectivity index (χ2n) is 5.43. The van der Waals surface area contributed by atoms with Crippen LogP contribution in [0.25, 0.3) is 0 Å². The number of hydrogen-bond donors (Lipinski definition) is 1. The number of quaternary nitrogens is 1. The molecule has 0 aromatic carbocycles. The smallest absolute Gasteiger partial charge is 0.359 e. The Morgan fingerprint density at radius 2 is 1.72 bits per heavy atom. The fourth-order valence-corrected chi connectivity index (χ4v) is 1.27. The van der Waals surface area contributed by atoms with Gasteiger partial charge in [0.25, 0.3) is 0 Å². The third-order valence-corrected chi connectivity index (χ3v) is 2.07. The van der Waals surface area contributed by atoms with E-state index in [0.717, 1.165) is 6.42 Å². The molecule has 0 radical (unpaired) electrons. The van der Waals surface area contributed by atoms with E-state index in [4.69, 9.17) is 5.11 Å². The molecule has 108 valence electrons. The van der Waals surface area contributed by atoms with Gasteiger partial charge in [0.15, 0.2) is 6.54 Å². The molecule has 0 bridgehead atoms. The molecule has 0 aromatic heterocycles. The predicted molar refractivity (Wildman–Crippen MR) is 67.9 cm³/mol. The Morgan fingerprint density at radius 3 is 1.78 bits per heavy atom. The Kier molecular flexibility index (Phi) is 9.47. The van der Waals surface area contributed by atoms with Crippen molar-refractivity contribution in [2.24, 2.45) is 0 Å². The third kappa shape index (κ3) is 12.9. The summed E-state index contributed by atoms with van der Waals surface area (Å²) in [5, 5.41) is 18.6. The average molecular weight is 262 g/mol. The summed E-state index contributed by atoms with van der Waals surface area (Å²) in [5.41, 5.74) is 0. The van der Waals surface area contributed by atoms with E-state index in [2.05, 4.69) is 0 Å². The van der Waals surface area contributed by atoms with E-state index in [0.29, 0.717) is 10.9 Å². The van der Waals surface area contributed by atoms with Gasteiger partial charge in [0.1, 0.15) is 0 Å². The summed E-state index contributed by atoms with van der Waals surface area (Å²) in [6, 6.07) is -0.426. The van der Waals surface area contributed by atoms with Crippen LogP contribution >= 0.6 is 0 Å². The standard InChI is InChI=1S/C7H15NO2.C5H11NO2/c1-4-5-6(7(9)10)8(2)3;1-6(2,3)4-5(7)8/h6H,4-5H2,1-3H3,(H,9,10);4H2,1-3H3. The summed E-state index contributed by atoms with van der Waals surface area (Å²) in [6.45, 7) is 2.14. The van der Waals surface area contributed by atoms with Gasteiger partial charge in [0.2, 0.25) is 0 Å². The normalized spacial score (nSPS) is 12.6. The van der Waals surface area contributed by atoms with E-state index >= 15 is 0 Å². The van der Waals surface area contributed by atoms with Crippen molar-refractivity contribution in [2.75, 3.05) is 41.8 Å². The first-order valence-corrected chi connectivity index (χ1v) is 5.90. The van der Waals surface area contributed by atoms with Crippen molar-refractivity contribution in [1.29, 1.82) is 0 Å². The van der Waals surface area contributed by atoms with Crippen LogP contribution in [0.15, 0.2) is 0 Å². The highest BCUT2D eigenvalue weighted by Gasteiger charge is 2.11. The molecule has 0 rings (SSSR count). The number of carboxylic acids is 2. The molecule has 18 heavy (non-hydrogen) atoms. The molecule has 0 spiro atoms. The maximum absolute atomic E-state index is 10.4. The second-order valence-corrected chi connectivity index (χ2v) is 5.43. The molecule has 0 amide bonds. The van der Waals surface area contributed by atoms with E-state index in [1.54, 1.807) is 19.0 Å². The fourth-order valence-electron chi connectivity index (χ4n) is 1.27. The number of nitrogens with zero attached hydrogens (tertiary/aromatic N) is 2. The van der Waals surface area contributed by atoms with Crippen molar-refractivity contribution >= 4 is 11.9 Å².